The molecule has 1 saturated carbocycles. The average Bonchev–Trinajstić information content (AvgIpc) is 2.85. The Balaban J connectivity index is 2.07. The topological polar surface area (TPSA) is 24.9 Å². The predicted molar refractivity (Wildman–Crippen MR) is 67.2 cm³/mol. The first-order chi connectivity index (χ1) is 7.92. The molecule has 1 aromatic heterocycles. The zero-order valence-corrected chi connectivity index (χ0v) is 10.2. The molecule has 0 saturated heterocycles. The fraction of sp³-hybridized carbons (Fsp3) is 0.643. The van der Waals surface area contributed by atoms with Crippen LogP contribution in [0.15, 0.2) is 24.4 Å². The summed E-state index contributed by atoms with van der Waals surface area (Å²) in [7, 11) is 0. The molecule has 1 N–H and O–H groups in total. The maximum Gasteiger partial charge on any atom is 0.0576 e. The highest BCUT2D eigenvalue weighted by molar-refractivity contribution is 5.10. The molecule has 16 heavy (non-hydrogen) atoms. The quantitative estimate of drug-likeness (QED) is 0.820. The van der Waals surface area contributed by atoms with Crippen LogP contribution in [-0.4, -0.2) is 11.5 Å². The van der Waals surface area contributed by atoms with Crippen LogP contribution in [0.2, 0.25) is 0 Å². The number of hydrogen-bond acceptors (Lipinski definition) is 2. The van der Waals surface area contributed by atoms with Crippen molar-refractivity contribution in [3.8, 4) is 0 Å². The first-order valence-electron chi connectivity index (χ1n) is 6.56. The van der Waals surface area contributed by atoms with Gasteiger partial charge in [0, 0.05) is 6.20 Å². The van der Waals surface area contributed by atoms with Gasteiger partial charge in [-0.05, 0) is 43.9 Å². The van der Waals surface area contributed by atoms with Gasteiger partial charge in [0.05, 0.1) is 11.7 Å². The van der Waals surface area contributed by atoms with Gasteiger partial charge in [0.2, 0.25) is 0 Å². The Morgan fingerprint density at radius 1 is 1.38 bits per heavy atom. The van der Waals surface area contributed by atoms with Gasteiger partial charge in [-0.1, -0.05) is 25.8 Å². The van der Waals surface area contributed by atoms with Gasteiger partial charge in [-0.25, -0.2) is 0 Å². The van der Waals surface area contributed by atoms with Gasteiger partial charge in [0.1, 0.15) is 0 Å². The van der Waals surface area contributed by atoms with Crippen LogP contribution in [0, 0.1) is 5.92 Å². The third-order valence-electron chi connectivity index (χ3n) is 3.49. The molecule has 1 atom stereocenters. The Morgan fingerprint density at radius 3 is 2.81 bits per heavy atom. The average molecular weight is 218 g/mol. The summed E-state index contributed by atoms with van der Waals surface area (Å²) in [6, 6.07) is 6.72. The van der Waals surface area contributed by atoms with Crippen molar-refractivity contribution in [3.63, 3.8) is 0 Å². The second-order valence-electron chi connectivity index (χ2n) is 4.73. The van der Waals surface area contributed by atoms with E-state index in [9.17, 15) is 0 Å². The van der Waals surface area contributed by atoms with Gasteiger partial charge in [-0.2, -0.15) is 0 Å². The first-order valence-corrected chi connectivity index (χ1v) is 6.56. The van der Waals surface area contributed by atoms with E-state index in [4.69, 9.17) is 0 Å². The summed E-state index contributed by atoms with van der Waals surface area (Å²) >= 11 is 0. The fourth-order valence-electron chi connectivity index (χ4n) is 2.66. The molecule has 1 aliphatic carbocycles. The highest BCUT2D eigenvalue weighted by atomic mass is 14.9. The number of aromatic nitrogens is 1. The zero-order chi connectivity index (χ0) is 11.2. The van der Waals surface area contributed by atoms with E-state index >= 15 is 0 Å². The van der Waals surface area contributed by atoms with Gasteiger partial charge in [0.25, 0.3) is 0 Å². The lowest BCUT2D eigenvalue weighted by atomic mass is 9.95. The van der Waals surface area contributed by atoms with Crippen LogP contribution < -0.4 is 5.32 Å². The Bertz CT molecular complexity index is 291. The summed E-state index contributed by atoms with van der Waals surface area (Å²) in [5.74, 6) is 0.793. The summed E-state index contributed by atoms with van der Waals surface area (Å²) in [4.78, 5) is 4.51. The Morgan fingerprint density at radius 2 is 2.19 bits per heavy atom. The molecule has 1 aromatic rings. The SMILES string of the molecule is CCCNC(c1ccccn1)C1CCCC1. The molecular formula is C14H22N2. The van der Waals surface area contributed by atoms with Gasteiger partial charge >= 0.3 is 0 Å². The van der Waals surface area contributed by atoms with E-state index in [1.807, 2.05) is 12.3 Å². The number of pyridine rings is 1. The highest BCUT2D eigenvalue weighted by Crippen LogP contribution is 2.34. The van der Waals surface area contributed by atoms with E-state index in [-0.39, 0.29) is 0 Å². The molecule has 2 nitrogen and oxygen atoms in total. The van der Waals surface area contributed by atoms with Crippen molar-refractivity contribution >= 4 is 0 Å². The third-order valence-corrected chi connectivity index (χ3v) is 3.49. The molecular weight excluding hydrogens is 196 g/mol. The van der Waals surface area contributed by atoms with E-state index in [2.05, 4.69) is 29.4 Å². The molecule has 2 rings (SSSR count). The largest absolute Gasteiger partial charge is 0.308 e. The fourth-order valence-corrected chi connectivity index (χ4v) is 2.66. The summed E-state index contributed by atoms with van der Waals surface area (Å²) < 4.78 is 0. The van der Waals surface area contributed by atoms with Crippen LogP contribution in [0.1, 0.15) is 50.8 Å². The van der Waals surface area contributed by atoms with Crippen molar-refractivity contribution in [2.45, 2.75) is 45.1 Å². The first kappa shape index (κ1) is 11.6. The van der Waals surface area contributed by atoms with Crippen LogP contribution >= 0.6 is 0 Å². The molecule has 0 spiro atoms. The molecule has 1 heterocycles. The Labute approximate surface area is 98.5 Å². The van der Waals surface area contributed by atoms with E-state index in [0.717, 1.165) is 12.5 Å². The van der Waals surface area contributed by atoms with Gasteiger partial charge in [-0.3, -0.25) is 4.98 Å². The standard InChI is InChI=1S/C14H22N2/c1-2-10-16-14(12-7-3-4-8-12)13-9-5-6-11-15-13/h5-6,9,11-12,14,16H,2-4,7-8,10H2,1H3. The number of nitrogens with one attached hydrogen (secondary N) is 1. The summed E-state index contributed by atoms with van der Waals surface area (Å²) in [5.41, 5.74) is 1.22. The van der Waals surface area contributed by atoms with Crippen LogP contribution in [0.4, 0.5) is 0 Å². The van der Waals surface area contributed by atoms with Crippen molar-refractivity contribution in [3.05, 3.63) is 30.1 Å². The van der Waals surface area contributed by atoms with Crippen LogP contribution in [-0.2, 0) is 0 Å². The number of hydrogen-bond donors (Lipinski definition) is 1. The summed E-state index contributed by atoms with van der Waals surface area (Å²) in [6.07, 6.45) is 8.60. The maximum absolute atomic E-state index is 4.51. The van der Waals surface area contributed by atoms with Crippen LogP contribution in [0.5, 0.6) is 0 Å². The lowest BCUT2D eigenvalue weighted by molar-refractivity contribution is 0.361. The van der Waals surface area contributed by atoms with Gasteiger partial charge in [0.15, 0.2) is 0 Å². The second-order valence-corrected chi connectivity index (χ2v) is 4.73. The van der Waals surface area contributed by atoms with E-state index in [1.165, 1.54) is 37.8 Å². The minimum atomic E-state index is 0.476. The molecule has 0 aliphatic heterocycles. The van der Waals surface area contributed by atoms with Crippen LogP contribution in [0.3, 0.4) is 0 Å². The Kier molecular flexibility index (Phi) is 4.34. The molecule has 2 heteroatoms. The maximum atomic E-state index is 4.51. The van der Waals surface area contributed by atoms with E-state index in [1.54, 1.807) is 0 Å². The van der Waals surface area contributed by atoms with Crippen molar-refractivity contribution in [1.29, 1.82) is 0 Å². The second kappa shape index (κ2) is 6.00. The highest BCUT2D eigenvalue weighted by Gasteiger charge is 2.26. The molecule has 0 aromatic carbocycles. The molecule has 1 aliphatic rings. The lowest BCUT2D eigenvalue weighted by Crippen LogP contribution is -2.28. The van der Waals surface area contributed by atoms with E-state index in [0.29, 0.717) is 6.04 Å². The van der Waals surface area contributed by atoms with Gasteiger partial charge < -0.3 is 5.32 Å². The van der Waals surface area contributed by atoms with Crippen molar-refractivity contribution in [1.82, 2.24) is 10.3 Å². The zero-order valence-electron chi connectivity index (χ0n) is 10.2. The normalized spacial score (nSPS) is 18.8. The lowest BCUT2D eigenvalue weighted by Gasteiger charge is -2.24. The number of nitrogens with zero attached hydrogens (tertiary/aromatic N) is 1. The van der Waals surface area contributed by atoms with Gasteiger partial charge in [-0.15, -0.1) is 0 Å². The van der Waals surface area contributed by atoms with E-state index < -0.39 is 0 Å². The van der Waals surface area contributed by atoms with Crippen molar-refractivity contribution in [2.75, 3.05) is 6.54 Å². The molecule has 0 radical (unpaired) electrons. The molecule has 0 bridgehead atoms. The molecule has 88 valence electrons. The molecule has 1 fully saturated rings. The summed E-state index contributed by atoms with van der Waals surface area (Å²) in [6.45, 7) is 3.31. The predicted octanol–water partition coefficient (Wildman–Crippen LogP) is 3.31. The minimum Gasteiger partial charge on any atom is -0.308 e. The smallest absolute Gasteiger partial charge is 0.0576 e. The summed E-state index contributed by atoms with van der Waals surface area (Å²) in [5, 5.41) is 3.67. The monoisotopic (exact) mass is 218 g/mol. The van der Waals surface area contributed by atoms with Crippen molar-refractivity contribution in [2.24, 2.45) is 5.92 Å². The molecule has 0 amide bonds. The third kappa shape index (κ3) is 2.82. The van der Waals surface area contributed by atoms with Crippen molar-refractivity contribution < 1.29 is 0 Å². The Hall–Kier alpha value is -0.890. The number of rotatable bonds is 5. The molecule has 1 unspecified atom stereocenters. The van der Waals surface area contributed by atoms with Crippen LogP contribution in [0.25, 0.3) is 0 Å². The minimum absolute atomic E-state index is 0.476.